The van der Waals surface area contributed by atoms with E-state index in [4.69, 9.17) is 5.73 Å². The van der Waals surface area contributed by atoms with E-state index in [0.717, 1.165) is 12.8 Å². The van der Waals surface area contributed by atoms with Crippen LogP contribution in [0.1, 0.15) is 49.3 Å². The third-order valence-corrected chi connectivity index (χ3v) is 2.90. The van der Waals surface area contributed by atoms with Crippen molar-refractivity contribution in [1.29, 1.82) is 0 Å². The van der Waals surface area contributed by atoms with E-state index in [1.54, 1.807) is 0 Å². The van der Waals surface area contributed by atoms with Gasteiger partial charge in [-0.25, -0.2) is 0 Å². The van der Waals surface area contributed by atoms with Crippen molar-refractivity contribution in [3.05, 3.63) is 42.2 Å². The monoisotopic (exact) mass is 218 g/mol. The largest absolute Gasteiger partial charge is 0.324 e. The minimum atomic E-state index is 0.137. The second-order valence-corrected chi connectivity index (χ2v) is 4.27. The van der Waals surface area contributed by atoms with Gasteiger partial charge in [-0.1, -0.05) is 18.9 Å². The molecule has 2 nitrogen and oxygen atoms in total. The van der Waals surface area contributed by atoms with Crippen molar-refractivity contribution in [2.75, 3.05) is 0 Å². The number of hydrogen-bond donors (Lipinski definition) is 1. The summed E-state index contributed by atoms with van der Waals surface area (Å²) in [7, 11) is 0. The summed E-state index contributed by atoms with van der Waals surface area (Å²) in [6.45, 7) is 5.81. The van der Waals surface area contributed by atoms with E-state index >= 15 is 0 Å². The number of aromatic nitrogens is 1. The molecule has 0 aliphatic carbocycles. The van der Waals surface area contributed by atoms with E-state index in [9.17, 15) is 0 Å². The van der Waals surface area contributed by atoms with Crippen molar-refractivity contribution in [1.82, 2.24) is 4.98 Å². The molecule has 1 aromatic heterocycles. The first-order chi connectivity index (χ1) is 7.75. The summed E-state index contributed by atoms with van der Waals surface area (Å²) in [6.07, 6.45) is 11.5. The Balaban J connectivity index is 2.32. The van der Waals surface area contributed by atoms with E-state index in [2.05, 4.69) is 18.5 Å². The molecule has 1 unspecified atom stereocenters. The number of rotatable bonds is 7. The summed E-state index contributed by atoms with van der Waals surface area (Å²) in [5.41, 5.74) is 8.58. The Morgan fingerprint density at radius 2 is 2.25 bits per heavy atom. The molecule has 0 aliphatic heterocycles. The molecule has 88 valence electrons. The fourth-order valence-electron chi connectivity index (χ4n) is 1.85. The van der Waals surface area contributed by atoms with Crippen molar-refractivity contribution in [2.24, 2.45) is 5.73 Å². The predicted molar refractivity (Wildman–Crippen MR) is 69.2 cm³/mol. The summed E-state index contributed by atoms with van der Waals surface area (Å²) in [4.78, 5) is 4.13. The molecule has 1 rings (SSSR count). The molecule has 0 amide bonds. The highest BCUT2D eigenvalue weighted by atomic mass is 14.7. The first-order valence-electron chi connectivity index (χ1n) is 6.02. The number of nitrogens with zero attached hydrogens (tertiary/aromatic N) is 1. The number of unbranched alkanes of at least 4 members (excludes halogenated alkanes) is 3. The number of pyridine rings is 1. The zero-order valence-electron chi connectivity index (χ0n) is 10.2. The first kappa shape index (κ1) is 12.9. The van der Waals surface area contributed by atoms with Crippen LogP contribution in [0.25, 0.3) is 0 Å². The number of aryl methyl sites for hydroxylation is 1. The van der Waals surface area contributed by atoms with Gasteiger partial charge in [0.1, 0.15) is 0 Å². The SMILES string of the molecule is C=CCCCCCC(N)c1cnccc1C. The molecular formula is C14H22N2. The van der Waals surface area contributed by atoms with Crippen LogP contribution in [0.2, 0.25) is 0 Å². The number of nitrogens with two attached hydrogens (primary N) is 1. The van der Waals surface area contributed by atoms with Crippen LogP contribution in [0.3, 0.4) is 0 Å². The summed E-state index contributed by atoms with van der Waals surface area (Å²) in [6, 6.07) is 2.16. The molecule has 0 fully saturated rings. The highest BCUT2D eigenvalue weighted by Gasteiger charge is 2.07. The molecular weight excluding hydrogens is 196 g/mol. The molecule has 2 heteroatoms. The lowest BCUT2D eigenvalue weighted by Crippen LogP contribution is -2.11. The lowest BCUT2D eigenvalue weighted by Gasteiger charge is -2.13. The zero-order valence-corrected chi connectivity index (χ0v) is 10.2. The quantitative estimate of drug-likeness (QED) is 0.561. The summed E-state index contributed by atoms with van der Waals surface area (Å²) < 4.78 is 0. The lowest BCUT2D eigenvalue weighted by molar-refractivity contribution is 0.569. The first-order valence-corrected chi connectivity index (χ1v) is 6.02. The van der Waals surface area contributed by atoms with Gasteiger partial charge < -0.3 is 5.73 Å². The van der Waals surface area contributed by atoms with Crippen LogP contribution in [-0.2, 0) is 0 Å². The minimum Gasteiger partial charge on any atom is -0.324 e. The smallest absolute Gasteiger partial charge is 0.0318 e. The molecule has 0 bridgehead atoms. The Bertz CT molecular complexity index is 320. The van der Waals surface area contributed by atoms with Crippen molar-refractivity contribution in [3.8, 4) is 0 Å². The molecule has 2 N–H and O–H groups in total. The molecule has 0 saturated heterocycles. The lowest BCUT2D eigenvalue weighted by atomic mass is 9.99. The van der Waals surface area contributed by atoms with Gasteiger partial charge in [0.05, 0.1) is 0 Å². The van der Waals surface area contributed by atoms with Crippen LogP contribution in [-0.4, -0.2) is 4.98 Å². The van der Waals surface area contributed by atoms with Crippen molar-refractivity contribution in [2.45, 2.75) is 45.1 Å². The van der Waals surface area contributed by atoms with E-state index < -0.39 is 0 Å². The van der Waals surface area contributed by atoms with E-state index in [0.29, 0.717) is 0 Å². The average Bonchev–Trinajstić information content (AvgIpc) is 2.29. The van der Waals surface area contributed by atoms with Gasteiger partial charge in [-0.3, -0.25) is 4.98 Å². The maximum absolute atomic E-state index is 6.15. The van der Waals surface area contributed by atoms with Crippen LogP contribution in [0, 0.1) is 6.92 Å². The van der Waals surface area contributed by atoms with Crippen LogP contribution < -0.4 is 5.73 Å². The molecule has 16 heavy (non-hydrogen) atoms. The predicted octanol–water partition coefficient (Wildman–Crippen LogP) is 3.53. The number of allylic oxidation sites excluding steroid dienone is 1. The normalized spacial score (nSPS) is 12.4. The molecule has 0 radical (unpaired) electrons. The second-order valence-electron chi connectivity index (χ2n) is 4.27. The Morgan fingerprint density at radius 1 is 1.44 bits per heavy atom. The Hall–Kier alpha value is -1.15. The van der Waals surface area contributed by atoms with Crippen molar-refractivity contribution < 1.29 is 0 Å². The van der Waals surface area contributed by atoms with Gasteiger partial charge in [0, 0.05) is 18.4 Å². The van der Waals surface area contributed by atoms with Gasteiger partial charge in [0.25, 0.3) is 0 Å². The second kappa shape index (κ2) is 7.18. The third-order valence-electron chi connectivity index (χ3n) is 2.90. The summed E-state index contributed by atoms with van der Waals surface area (Å²) in [5.74, 6) is 0. The van der Waals surface area contributed by atoms with E-state index in [1.165, 1.54) is 30.4 Å². The topological polar surface area (TPSA) is 38.9 Å². The van der Waals surface area contributed by atoms with Gasteiger partial charge in [0.15, 0.2) is 0 Å². The van der Waals surface area contributed by atoms with E-state index in [1.807, 2.05) is 24.5 Å². The minimum absolute atomic E-state index is 0.137. The van der Waals surface area contributed by atoms with Gasteiger partial charge in [-0.05, 0) is 43.4 Å². The Kier molecular flexibility index (Phi) is 5.79. The highest BCUT2D eigenvalue weighted by molar-refractivity contribution is 5.24. The maximum atomic E-state index is 6.15. The summed E-state index contributed by atoms with van der Waals surface area (Å²) in [5, 5.41) is 0. The van der Waals surface area contributed by atoms with Gasteiger partial charge in [-0.2, -0.15) is 0 Å². The summed E-state index contributed by atoms with van der Waals surface area (Å²) >= 11 is 0. The highest BCUT2D eigenvalue weighted by Crippen LogP contribution is 2.19. The molecule has 1 atom stereocenters. The molecule has 0 aromatic carbocycles. The van der Waals surface area contributed by atoms with Crippen LogP contribution >= 0.6 is 0 Å². The van der Waals surface area contributed by atoms with Gasteiger partial charge in [-0.15, -0.1) is 6.58 Å². The molecule has 0 aliphatic rings. The standard InChI is InChI=1S/C14H22N2/c1-3-4-5-6-7-8-14(15)13-11-16-10-9-12(13)2/h3,9-11,14H,1,4-8,15H2,2H3. The fourth-order valence-corrected chi connectivity index (χ4v) is 1.85. The van der Waals surface area contributed by atoms with Crippen LogP contribution in [0.15, 0.2) is 31.1 Å². The fraction of sp³-hybridized carbons (Fsp3) is 0.500. The third kappa shape index (κ3) is 4.15. The average molecular weight is 218 g/mol. The number of hydrogen-bond acceptors (Lipinski definition) is 2. The Morgan fingerprint density at radius 3 is 2.94 bits per heavy atom. The molecule has 1 aromatic rings. The molecule has 0 spiro atoms. The molecule has 0 saturated carbocycles. The van der Waals surface area contributed by atoms with Crippen molar-refractivity contribution >= 4 is 0 Å². The van der Waals surface area contributed by atoms with Crippen LogP contribution in [0.4, 0.5) is 0 Å². The van der Waals surface area contributed by atoms with Gasteiger partial charge >= 0.3 is 0 Å². The van der Waals surface area contributed by atoms with Gasteiger partial charge in [0.2, 0.25) is 0 Å². The zero-order chi connectivity index (χ0) is 11.8. The van der Waals surface area contributed by atoms with E-state index in [-0.39, 0.29) is 6.04 Å². The van der Waals surface area contributed by atoms with Crippen molar-refractivity contribution in [3.63, 3.8) is 0 Å². The molecule has 1 heterocycles. The maximum Gasteiger partial charge on any atom is 0.0318 e. The van der Waals surface area contributed by atoms with Crippen LogP contribution in [0.5, 0.6) is 0 Å². The Labute approximate surface area is 98.6 Å².